The molecule has 1 N–H and O–H groups in total. The van der Waals surface area contributed by atoms with Crippen LogP contribution in [0.2, 0.25) is 0 Å². The number of benzene rings is 1. The minimum absolute atomic E-state index is 0.0140. The Kier molecular flexibility index (Phi) is 4.81. The van der Waals surface area contributed by atoms with Crippen molar-refractivity contribution in [3.8, 4) is 5.75 Å². The Labute approximate surface area is 184 Å². The van der Waals surface area contributed by atoms with Gasteiger partial charge in [0.2, 0.25) is 0 Å². The summed E-state index contributed by atoms with van der Waals surface area (Å²) in [6, 6.07) is 11.6. The fourth-order valence-electron chi connectivity index (χ4n) is 4.35. The fourth-order valence-corrected chi connectivity index (χ4v) is 4.35. The van der Waals surface area contributed by atoms with Gasteiger partial charge in [-0.05, 0) is 61.4 Å². The maximum absolute atomic E-state index is 13.1. The van der Waals surface area contributed by atoms with Crippen LogP contribution in [0.3, 0.4) is 0 Å². The van der Waals surface area contributed by atoms with Gasteiger partial charge in [0.1, 0.15) is 35.2 Å². The number of carbonyl (C=O) groups is 2. The van der Waals surface area contributed by atoms with Crippen molar-refractivity contribution in [3.63, 3.8) is 0 Å². The van der Waals surface area contributed by atoms with Crippen LogP contribution in [0.25, 0.3) is 5.76 Å². The maximum Gasteiger partial charge on any atom is 0.296 e. The van der Waals surface area contributed by atoms with Crippen LogP contribution >= 0.6 is 0 Å². The first-order valence-electron chi connectivity index (χ1n) is 10.5. The summed E-state index contributed by atoms with van der Waals surface area (Å²) >= 11 is 0. The third-order valence-electron chi connectivity index (χ3n) is 5.82. The number of aryl methyl sites for hydroxylation is 1. The van der Waals surface area contributed by atoms with Crippen LogP contribution in [0.15, 0.2) is 64.8 Å². The van der Waals surface area contributed by atoms with E-state index in [1.807, 2.05) is 19.1 Å². The highest BCUT2D eigenvalue weighted by Gasteiger charge is 2.47. The number of amides is 1. The summed E-state index contributed by atoms with van der Waals surface area (Å²) in [5.74, 6) is 0.187. The predicted molar refractivity (Wildman–Crippen MR) is 116 cm³/mol. The van der Waals surface area contributed by atoms with E-state index in [1.165, 1.54) is 4.90 Å². The first kappa shape index (κ1) is 20.1. The van der Waals surface area contributed by atoms with E-state index in [0.29, 0.717) is 23.5 Å². The van der Waals surface area contributed by atoms with Crippen LogP contribution in [0.1, 0.15) is 41.2 Å². The molecule has 2 aromatic heterocycles. The van der Waals surface area contributed by atoms with Crippen molar-refractivity contribution in [3.05, 3.63) is 88.6 Å². The number of hydrogen-bond acceptors (Lipinski definition) is 6. The smallest absolute Gasteiger partial charge is 0.296 e. The fraction of sp³-hybridized carbons (Fsp3) is 0.240. The number of ketones is 1. The molecule has 0 aliphatic carbocycles. The third-order valence-corrected chi connectivity index (χ3v) is 5.82. The second-order valence-electron chi connectivity index (χ2n) is 8.19. The quantitative estimate of drug-likeness (QED) is 0.383. The molecule has 0 bridgehead atoms. The van der Waals surface area contributed by atoms with E-state index >= 15 is 0 Å². The Balaban J connectivity index is 1.62. The molecule has 7 nitrogen and oxygen atoms in total. The summed E-state index contributed by atoms with van der Waals surface area (Å²) in [7, 11) is 0. The van der Waals surface area contributed by atoms with Gasteiger partial charge >= 0.3 is 0 Å². The van der Waals surface area contributed by atoms with Gasteiger partial charge < -0.3 is 19.2 Å². The molecule has 32 heavy (non-hydrogen) atoms. The lowest BCUT2D eigenvalue weighted by Crippen LogP contribution is -2.29. The number of aliphatic hydroxyl groups is 1. The third kappa shape index (κ3) is 3.36. The minimum Gasteiger partial charge on any atom is -0.507 e. The lowest BCUT2D eigenvalue weighted by Gasteiger charge is -2.23. The van der Waals surface area contributed by atoms with Crippen molar-refractivity contribution >= 4 is 17.4 Å². The van der Waals surface area contributed by atoms with Crippen LogP contribution in [0.5, 0.6) is 5.75 Å². The number of carbonyl (C=O) groups excluding carboxylic acids is 2. The average molecular weight is 430 g/mol. The number of aliphatic hydroxyl groups excluding tert-OH is 1. The second-order valence-corrected chi connectivity index (χ2v) is 8.19. The van der Waals surface area contributed by atoms with Gasteiger partial charge in [0, 0.05) is 30.9 Å². The van der Waals surface area contributed by atoms with E-state index in [9.17, 15) is 14.7 Å². The first-order chi connectivity index (χ1) is 15.4. The molecular weight excluding hydrogens is 408 g/mol. The van der Waals surface area contributed by atoms with Gasteiger partial charge in [-0.2, -0.15) is 0 Å². The zero-order valence-corrected chi connectivity index (χ0v) is 17.7. The number of nitrogens with zero attached hydrogens (tertiary/aromatic N) is 2. The summed E-state index contributed by atoms with van der Waals surface area (Å²) in [4.78, 5) is 31.6. The zero-order chi connectivity index (χ0) is 22.4. The SMILES string of the molecule is Cc1ccc([C@@H]2C(=C(O)c3ccc4c(c3)C[C@H](C)O4)C(=O)C(=O)N2Cc2cccnc2)o1. The van der Waals surface area contributed by atoms with Gasteiger partial charge in [-0.1, -0.05) is 6.07 Å². The van der Waals surface area contributed by atoms with Gasteiger partial charge in [-0.3, -0.25) is 14.6 Å². The molecule has 0 spiro atoms. The van der Waals surface area contributed by atoms with Gasteiger partial charge in [-0.25, -0.2) is 0 Å². The van der Waals surface area contributed by atoms with Crippen molar-refractivity contribution in [2.75, 3.05) is 0 Å². The molecule has 1 fully saturated rings. The molecule has 4 heterocycles. The van der Waals surface area contributed by atoms with Crippen molar-refractivity contribution in [1.29, 1.82) is 0 Å². The number of aromatic nitrogens is 1. The van der Waals surface area contributed by atoms with Crippen molar-refractivity contribution in [2.24, 2.45) is 0 Å². The Morgan fingerprint density at radius 3 is 2.78 bits per heavy atom. The number of hydrogen-bond donors (Lipinski definition) is 1. The molecule has 3 aromatic rings. The molecule has 7 heteroatoms. The highest BCUT2D eigenvalue weighted by atomic mass is 16.5. The summed E-state index contributed by atoms with van der Waals surface area (Å²) in [5, 5.41) is 11.2. The molecule has 162 valence electrons. The molecule has 0 radical (unpaired) electrons. The highest BCUT2D eigenvalue weighted by Crippen LogP contribution is 2.41. The van der Waals surface area contributed by atoms with E-state index < -0.39 is 17.7 Å². The normalized spacial score (nSPS) is 21.6. The molecule has 5 rings (SSSR count). The Bertz CT molecular complexity index is 1240. The number of Topliss-reactive ketones (excluding diaryl/α,β-unsaturated/α-hetero) is 1. The first-order valence-corrected chi connectivity index (χ1v) is 10.5. The number of likely N-dealkylation sites (tertiary alicyclic amines) is 1. The lowest BCUT2D eigenvalue weighted by atomic mass is 9.97. The van der Waals surface area contributed by atoms with Crippen LogP contribution in [-0.2, 0) is 22.6 Å². The molecule has 1 aromatic carbocycles. The molecule has 0 unspecified atom stereocenters. The van der Waals surface area contributed by atoms with Gasteiger partial charge in [0.25, 0.3) is 11.7 Å². The average Bonchev–Trinajstić information content (AvgIpc) is 3.44. The molecule has 2 aliphatic heterocycles. The van der Waals surface area contributed by atoms with Crippen LogP contribution < -0.4 is 4.74 Å². The van der Waals surface area contributed by atoms with E-state index in [2.05, 4.69) is 4.98 Å². The summed E-state index contributed by atoms with van der Waals surface area (Å²) in [5.41, 5.74) is 2.21. The Hall–Kier alpha value is -3.87. The van der Waals surface area contributed by atoms with Crippen LogP contribution in [0, 0.1) is 6.92 Å². The van der Waals surface area contributed by atoms with Gasteiger partial charge in [-0.15, -0.1) is 0 Å². The minimum atomic E-state index is -0.840. The highest BCUT2D eigenvalue weighted by molar-refractivity contribution is 6.46. The van der Waals surface area contributed by atoms with E-state index in [-0.39, 0.29) is 24.0 Å². The second kappa shape index (κ2) is 7.67. The summed E-state index contributed by atoms with van der Waals surface area (Å²) in [6.07, 6.45) is 4.06. The number of fused-ring (bicyclic) bond motifs is 1. The number of rotatable bonds is 4. The number of pyridine rings is 1. The monoisotopic (exact) mass is 430 g/mol. The summed E-state index contributed by atoms with van der Waals surface area (Å²) in [6.45, 7) is 3.93. The predicted octanol–water partition coefficient (Wildman–Crippen LogP) is 3.93. The molecular formula is C25H22N2O5. The van der Waals surface area contributed by atoms with E-state index in [0.717, 1.165) is 16.9 Å². The number of furan rings is 1. The standard InChI is InChI=1S/C25H22N2O5/c1-14-5-7-20(31-14)22-21(23(28)17-6-8-19-18(11-17)10-15(2)32-19)24(29)25(30)27(22)13-16-4-3-9-26-12-16/h3-9,11-12,15,22,28H,10,13H2,1-2H3/t15-,22+/m0/s1. The Morgan fingerprint density at radius 2 is 2.06 bits per heavy atom. The Morgan fingerprint density at radius 1 is 1.22 bits per heavy atom. The van der Waals surface area contributed by atoms with Gasteiger partial charge in [0.15, 0.2) is 0 Å². The molecule has 2 aliphatic rings. The van der Waals surface area contributed by atoms with E-state index in [4.69, 9.17) is 9.15 Å². The van der Waals surface area contributed by atoms with Crippen molar-refractivity contribution in [1.82, 2.24) is 9.88 Å². The van der Waals surface area contributed by atoms with Gasteiger partial charge in [0.05, 0.1) is 5.57 Å². The van der Waals surface area contributed by atoms with Crippen LogP contribution in [0.4, 0.5) is 0 Å². The molecule has 1 amide bonds. The van der Waals surface area contributed by atoms with Crippen molar-refractivity contribution in [2.45, 2.75) is 39.0 Å². The number of ether oxygens (including phenoxy) is 1. The topological polar surface area (TPSA) is 92.9 Å². The molecule has 1 saturated heterocycles. The lowest BCUT2D eigenvalue weighted by molar-refractivity contribution is -0.140. The largest absolute Gasteiger partial charge is 0.507 e. The molecule has 2 atom stereocenters. The zero-order valence-electron chi connectivity index (χ0n) is 17.7. The van der Waals surface area contributed by atoms with Crippen LogP contribution in [-0.4, -0.2) is 32.8 Å². The molecule has 0 saturated carbocycles. The van der Waals surface area contributed by atoms with E-state index in [1.54, 1.807) is 49.6 Å². The summed E-state index contributed by atoms with van der Waals surface area (Å²) < 4.78 is 11.5. The maximum atomic E-state index is 13.1. The van der Waals surface area contributed by atoms with Crippen molar-refractivity contribution < 1.29 is 23.8 Å².